The average Bonchev–Trinajstić information content (AvgIpc) is 2.24. The van der Waals surface area contributed by atoms with Gasteiger partial charge in [-0.2, -0.15) is 0 Å². The molecule has 0 aliphatic heterocycles. The van der Waals surface area contributed by atoms with Crippen LogP contribution in [0.5, 0.6) is 0 Å². The zero-order chi connectivity index (χ0) is 12.0. The quantitative estimate of drug-likeness (QED) is 0.740. The Hall–Kier alpha value is -1.02. The lowest BCUT2D eigenvalue weighted by Crippen LogP contribution is -2.13. The van der Waals surface area contributed by atoms with Crippen molar-refractivity contribution >= 4 is 5.69 Å². The van der Waals surface area contributed by atoms with Crippen LogP contribution in [-0.2, 0) is 4.74 Å². The fraction of sp³-hybridized carbons (Fsp3) is 0.571. The van der Waals surface area contributed by atoms with Crippen LogP contribution in [0, 0.1) is 0 Å². The van der Waals surface area contributed by atoms with Crippen LogP contribution in [0.3, 0.4) is 0 Å². The van der Waals surface area contributed by atoms with Gasteiger partial charge in [0.25, 0.3) is 0 Å². The normalized spacial score (nSPS) is 11.1. The van der Waals surface area contributed by atoms with Gasteiger partial charge in [0.05, 0.1) is 12.7 Å². The van der Waals surface area contributed by atoms with Gasteiger partial charge in [-0.25, -0.2) is 0 Å². The number of nitrogens with one attached hydrogen (secondary N) is 1. The Kier molecular flexibility index (Phi) is 5.33. The summed E-state index contributed by atoms with van der Waals surface area (Å²) in [6.45, 7) is 10.1. The van der Waals surface area contributed by atoms with E-state index in [4.69, 9.17) is 4.74 Å². The zero-order valence-corrected chi connectivity index (χ0v) is 10.8. The minimum atomic E-state index is 0.309. The van der Waals surface area contributed by atoms with E-state index in [2.05, 4.69) is 57.3 Å². The lowest BCUT2D eigenvalue weighted by Gasteiger charge is -2.11. The van der Waals surface area contributed by atoms with E-state index in [9.17, 15) is 0 Å². The third-order valence-corrected chi connectivity index (χ3v) is 2.44. The number of hydrogen-bond acceptors (Lipinski definition) is 2. The smallest absolute Gasteiger partial charge is 0.0642 e. The molecule has 2 heteroatoms. The van der Waals surface area contributed by atoms with E-state index in [-0.39, 0.29) is 0 Å². The minimum absolute atomic E-state index is 0.309. The van der Waals surface area contributed by atoms with Crippen molar-refractivity contribution in [1.82, 2.24) is 0 Å². The van der Waals surface area contributed by atoms with Crippen molar-refractivity contribution < 1.29 is 4.74 Å². The molecule has 0 saturated heterocycles. The highest BCUT2D eigenvalue weighted by Crippen LogP contribution is 2.18. The lowest BCUT2D eigenvalue weighted by molar-refractivity contribution is 0.0870. The Morgan fingerprint density at radius 1 is 1.19 bits per heavy atom. The van der Waals surface area contributed by atoms with Crippen molar-refractivity contribution in [2.45, 2.75) is 39.7 Å². The molecule has 0 aromatic heterocycles. The Balaban J connectivity index is 2.39. The summed E-state index contributed by atoms with van der Waals surface area (Å²) in [7, 11) is 0. The third kappa shape index (κ3) is 4.67. The van der Waals surface area contributed by atoms with Gasteiger partial charge in [-0.15, -0.1) is 0 Å². The highest BCUT2D eigenvalue weighted by atomic mass is 16.5. The standard InChI is InChI=1S/C14H23NO/c1-11(2)13-6-5-7-14(10-13)15-8-9-16-12(3)4/h5-7,10-12,15H,8-9H2,1-4H3. The van der Waals surface area contributed by atoms with Crippen molar-refractivity contribution in [1.29, 1.82) is 0 Å². The summed E-state index contributed by atoms with van der Waals surface area (Å²) in [5.41, 5.74) is 2.55. The molecule has 16 heavy (non-hydrogen) atoms. The van der Waals surface area contributed by atoms with Crippen molar-refractivity contribution in [3.05, 3.63) is 29.8 Å². The molecule has 0 amide bonds. The largest absolute Gasteiger partial charge is 0.383 e. The second kappa shape index (κ2) is 6.54. The van der Waals surface area contributed by atoms with E-state index in [1.54, 1.807) is 0 Å². The molecular formula is C14H23NO. The first-order valence-electron chi connectivity index (χ1n) is 6.05. The van der Waals surface area contributed by atoms with Crippen molar-refractivity contribution in [3.63, 3.8) is 0 Å². The molecule has 0 aliphatic carbocycles. The van der Waals surface area contributed by atoms with Crippen LogP contribution in [0.4, 0.5) is 5.69 Å². The fourth-order valence-corrected chi connectivity index (χ4v) is 1.50. The Bertz CT molecular complexity index is 307. The van der Waals surface area contributed by atoms with Crippen molar-refractivity contribution in [2.75, 3.05) is 18.5 Å². The summed E-state index contributed by atoms with van der Waals surface area (Å²) in [5, 5.41) is 3.37. The summed E-state index contributed by atoms with van der Waals surface area (Å²) in [5.74, 6) is 0.577. The predicted octanol–water partition coefficient (Wildman–Crippen LogP) is 3.65. The third-order valence-electron chi connectivity index (χ3n) is 2.44. The van der Waals surface area contributed by atoms with Crippen LogP contribution in [-0.4, -0.2) is 19.3 Å². The number of rotatable bonds is 6. The SMILES string of the molecule is CC(C)OCCNc1cccc(C(C)C)c1. The number of hydrogen-bond donors (Lipinski definition) is 1. The van der Waals surface area contributed by atoms with Gasteiger partial charge in [0.1, 0.15) is 0 Å². The van der Waals surface area contributed by atoms with Gasteiger partial charge in [0.15, 0.2) is 0 Å². The van der Waals surface area contributed by atoms with Gasteiger partial charge in [-0.1, -0.05) is 26.0 Å². The van der Waals surface area contributed by atoms with E-state index < -0.39 is 0 Å². The number of anilines is 1. The lowest BCUT2D eigenvalue weighted by atomic mass is 10.0. The topological polar surface area (TPSA) is 21.3 Å². The van der Waals surface area contributed by atoms with Gasteiger partial charge >= 0.3 is 0 Å². The Labute approximate surface area is 99.0 Å². The van der Waals surface area contributed by atoms with E-state index >= 15 is 0 Å². The summed E-state index contributed by atoms with van der Waals surface area (Å²) in [6.07, 6.45) is 0.309. The molecule has 90 valence electrons. The van der Waals surface area contributed by atoms with E-state index in [0.717, 1.165) is 13.2 Å². The van der Waals surface area contributed by atoms with Gasteiger partial charge in [0.2, 0.25) is 0 Å². The molecule has 0 spiro atoms. The maximum absolute atomic E-state index is 5.48. The highest BCUT2D eigenvalue weighted by molar-refractivity contribution is 5.46. The van der Waals surface area contributed by atoms with Crippen LogP contribution in [0.15, 0.2) is 24.3 Å². The van der Waals surface area contributed by atoms with Crippen molar-refractivity contribution in [2.24, 2.45) is 0 Å². The van der Waals surface area contributed by atoms with E-state index in [1.807, 2.05) is 0 Å². The zero-order valence-electron chi connectivity index (χ0n) is 10.8. The molecule has 1 aromatic rings. The van der Waals surface area contributed by atoms with Crippen LogP contribution in [0.2, 0.25) is 0 Å². The second-order valence-corrected chi connectivity index (χ2v) is 4.63. The summed E-state index contributed by atoms with van der Waals surface area (Å²) < 4.78 is 5.48. The van der Waals surface area contributed by atoms with Crippen LogP contribution < -0.4 is 5.32 Å². The number of ether oxygens (including phenoxy) is 1. The molecule has 0 unspecified atom stereocenters. The maximum atomic E-state index is 5.48. The molecule has 0 bridgehead atoms. The monoisotopic (exact) mass is 221 g/mol. The Morgan fingerprint density at radius 2 is 1.94 bits per heavy atom. The molecule has 0 aliphatic rings. The molecule has 0 atom stereocenters. The highest BCUT2D eigenvalue weighted by Gasteiger charge is 1.99. The summed E-state index contributed by atoms with van der Waals surface area (Å²) >= 11 is 0. The molecule has 2 nitrogen and oxygen atoms in total. The first kappa shape index (κ1) is 13.0. The average molecular weight is 221 g/mol. The first-order valence-corrected chi connectivity index (χ1v) is 6.05. The van der Waals surface area contributed by atoms with Gasteiger partial charge in [0, 0.05) is 12.2 Å². The van der Waals surface area contributed by atoms with E-state index in [0.29, 0.717) is 12.0 Å². The van der Waals surface area contributed by atoms with Gasteiger partial charge in [-0.05, 0) is 37.5 Å². The van der Waals surface area contributed by atoms with Crippen LogP contribution in [0.1, 0.15) is 39.2 Å². The molecular weight excluding hydrogens is 198 g/mol. The summed E-state index contributed by atoms with van der Waals surface area (Å²) in [4.78, 5) is 0. The molecule has 0 heterocycles. The molecule has 0 radical (unpaired) electrons. The van der Waals surface area contributed by atoms with Gasteiger partial charge < -0.3 is 10.1 Å². The van der Waals surface area contributed by atoms with Crippen molar-refractivity contribution in [3.8, 4) is 0 Å². The van der Waals surface area contributed by atoms with Gasteiger partial charge in [-0.3, -0.25) is 0 Å². The molecule has 1 aromatic carbocycles. The maximum Gasteiger partial charge on any atom is 0.0642 e. The molecule has 0 saturated carbocycles. The van der Waals surface area contributed by atoms with Crippen LogP contribution in [0.25, 0.3) is 0 Å². The van der Waals surface area contributed by atoms with Crippen LogP contribution >= 0.6 is 0 Å². The first-order chi connectivity index (χ1) is 7.59. The molecule has 0 fully saturated rings. The molecule has 1 rings (SSSR count). The second-order valence-electron chi connectivity index (χ2n) is 4.63. The number of benzene rings is 1. The molecule has 1 N–H and O–H groups in total. The predicted molar refractivity (Wildman–Crippen MR) is 70.1 cm³/mol. The fourth-order valence-electron chi connectivity index (χ4n) is 1.50. The Morgan fingerprint density at radius 3 is 2.56 bits per heavy atom. The minimum Gasteiger partial charge on any atom is -0.383 e. The summed E-state index contributed by atoms with van der Waals surface area (Å²) in [6, 6.07) is 8.57. The van der Waals surface area contributed by atoms with E-state index in [1.165, 1.54) is 11.3 Å².